The summed E-state index contributed by atoms with van der Waals surface area (Å²) >= 11 is 0. The first-order chi connectivity index (χ1) is 10.0. The molecule has 1 amide bonds. The van der Waals surface area contributed by atoms with Crippen molar-refractivity contribution in [3.63, 3.8) is 0 Å². The second-order valence-corrected chi connectivity index (χ2v) is 4.43. The molecule has 0 bridgehead atoms. The predicted molar refractivity (Wildman–Crippen MR) is 77.2 cm³/mol. The molecule has 0 aliphatic rings. The second-order valence-electron chi connectivity index (χ2n) is 4.43. The summed E-state index contributed by atoms with van der Waals surface area (Å²) in [4.78, 5) is 21.8. The van der Waals surface area contributed by atoms with Crippen molar-refractivity contribution in [2.45, 2.75) is 6.54 Å². The second kappa shape index (κ2) is 6.47. The van der Waals surface area contributed by atoms with E-state index >= 15 is 0 Å². The van der Waals surface area contributed by atoms with Gasteiger partial charge in [-0.15, -0.1) is 0 Å². The fraction of sp³-hybridized carbons (Fsp3) is 0.143. The zero-order valence-electron chi connectivity index (χ0n) is 11.4. The van der Waals surface area contributed by atoms with E-state index < -0.39 is 4.92 Å². The highest BCUT2D eigenvalue weighted by atomic mass is 16.6. The number of aryl methyl sites for hydroxylation is 1. The molecule has 1 aromatic carbocycles. The van der Waals surface area contributed by atoms with Crippen molar-refractivity contribution in [2.24, 2.45) is 7.05 Å². The van der Waals surface area contributed by atoms with Crippen LogP contribution in [0.1, 0.15) is 11.1 Å². The molecule has 1 aromatic heterocycles. The summed E-state index contributed by atoms with van der Waals surface area (Å²) in [5, 5.41) is 17.4. The van der Waals surface area contributed by atoms with Gasteiger partial charge in [0.2, 0.25) is 5.91 Å². The van der Waals surface area contributed by atoms with Crippen LogP contribution in [0.15, 0.2) is 42.7 Å². The van der Waals surface area contributed by atoms with Crippen LogP contribution in [0.25, 0.3) is 6.08 Å². The van der Waals surface area contributed by atoms with E-state index in [4.69, 9.17) is 0 Å². The fourth-order valence-corrected chi connectivity index (χ4v) is 1.73. The van der Waals surface area contributed by atoms with Crippen molar-refractivity contribution < 1.29 is 9.72 Å². The zero-order valence-corrected chi connectivity index (χ0v) is 11.4. The third-order valence-electron chi connectivity index (χ3n) is 2.73. The van der Waals surface area contributed by atoms with Gasteiger partial charge in [-0.05, 0) is 11.6 Å². The van der Waals surface area contributed by atoms with Crippen LogP contribution in [-0.4, -0.2) is 20.6 Å². The highest BCUT2D eigenvalue weighted by molar-refractivity contribution is 5.91. The number of amides is 1. The highest BCUT2D eigenvalue weighted by Crippen LogP contribution is 2.13. The Morgan fingerprint density at radius 1 is 1.52 bits per heavy atom. The van der Waals surface area contributed by atoms with Crippen LogP contribution < -0.4 is 5.32 Å². The number of rotatable bonds is 5. The number of nitro groups is 1. The molecular weight excluding hydrogens is 272 g/mol. The highest BCUT2D eigenvalue weighted by Gasteiger charge is 2.04. The normalized spacial score (nSPS) is 10.7. The maximum atomic E-state index is 11.7. The summed E-state index contributed by atoms with van der Waals surface area (Å²) in [5.41, 5.74) is 1.49. The Morgan fingerprint density at radius 2 is 2.33 bits per heavy atom. The van der Waals surface area contributed by atoms with Crippen molar-refractivity contribution in [1.82, 2.24) is 15.1 Å². The molecule has 7 heteroatoms. The number of carbonyl (C=O) groups is 1. The van der Waals surface area contributed by atoms with Crippen molar-refractivity contribution in [3.05, 3.63) is 64.0 Å². The lowest BCUT2D eigenvalue weighted by molar-refractivity contribution is -0.384. The van der Waals surface area contributed by atoms with Crippen LogP contribution >= 0.6 is 0 Å². The number of nitrogens with one attached hydrogen (secondary N) is 1. The quantitative estimate of drug-likeness (QED) is 0.514. The molecule has 0 aliphatic heterocycles. The minimum Gasteiger partial charge on any atom is -0.348 e. The van der Waals surface area contributed by atoms with E-state index in [1.807, 2.05) is 6.20 Å². The van der Waals surface area contributed by atoms with Crippen molar-refractivity contribution in [1.29, 1.82) is 0 Å². The van der Waals surface area contributed by atoms with Crippen LogP contribution in [0.2, 0.25) is 0 Å². The van der Waals surface area contributed by atoms with E-state index in [1.165, 1.54) is 24.3 Å². The Hall–Kier alpha value is -2.96. The maximum absolute atomic E-state index is 11.7. The predicted octanol–water partition coefficient (Wildman–Crippen LogP) is 1.66. The van der Waals surface area contributed by atoms with Crippen LogP contribution in [0.3, 0.4) is 0 Å². The zero-order chi connectivity index (χ0) is 15.2. The Labute approximate surface area is 121 Å². The molecule has 1 N–H and O–H groups in total. The van der Waals surface area contributed by atoms with Gasteiger partial charge in [0, 0.05) is 43.6 Å². The van der Waals surface area contributed by atoms with Gasteiger partial charge in [-0.1, -0.05) is 12.1 Å². The van der Waals surface area contributed by atoms with Gasteiger partial charge in [-0.2, -0.15) is 5.10 Å². The average molecular weight is 286 g/mol. The van der Waals surface area contributed by atoms with Crippen LogP contribution in [0.5, 0.6) is 0 Å². The Kier molecular flexibility index (Phi) is 4.45. The molecule has 0 spiro atoms. The summed E-state index contributed by atoms with van der Waals surface area (Å²) < 4.78 is 1.65. The fourth-order valence-electron chi connectivity index (χ4n) is 1.73. The minimum atomic E-state index is -0.472. The molecule has 0 saturated heterocycles. The van der Waals surface area contributed by atoms with Crippen molar-refractivity contribution in [3.8, 4) is 0 Å². The number of hydrogen-bond acceptors (Lipinski definition) is 4. The Balaban J connectivity index is 1.92. The lowest BCUT2D eigenvalue weighted by Gasteiger charge is -1.99. The third-order valence-corrected chi connectivity index (χ3v) is 2.73. The summed E-state index contributed by atoms with van der Waals surface area (Å²) in [6, 6.07) is 6.08. The summed E-state index contributed by atoms with van der Waals surface area (Å²) in [7, 11) is 1.80. The third kappa shape index (κ3) is 4.27. The van der Waals surface area contributed by atoms with Gasteiger partial charge >= 0.3 is 0 Å². The summed E-state index contributed by atoms with van der Waals surface area (Å²) in [6.07, 6.45) is 6.36. The molecule has 0 atom stereocenters. The van der Waals surface area contributed by atoms with Gasteiger partial charge < -0.3 is 5.32 Å². The number of nitro benzene ring substituents is 1. The molecule has 2 aromatic rings. The molecule has 108 valence electrons. The maximum Gasteiger partial charge on any atom is 0.270 e. The van der Waals surface area contributed by atoms with Gasteiger partial charge in [0.15, 0.2) is 0 Å². The molecule has 1 heterocycles. The van der Waals surface area contributed by atoms with Crippen molar-refractivity contribution in [2.75, 3.05) is 0 Å². The summed E-state index contributed by atoms with van der Waals surface area (Å²) in [6.45, 7) is 0.381. The molecule has 0 aliphatic carbocycles. The topological polar surface area (TPSA) is 90.1 Å². The monoisotopic (exact) mass is 286 g/mol. The minimum absolute atomic E-state index is 0.00656. The first-order valence-corrected chi connectivity index (χ1v) is 6.22. The number of non-ortho nitro benzene ring substituents is 1. The average Bonchev–Trinajstić information content (AvgIpc) is 2.89. The molecular formula is C14H14N4O3. The van der Waals surface area contributed by atoms with E-state index in [2.05, 4.69) is 10.4 Å². The van der Waals surface area contributed by atoms with Gasteiger partial charge in [0.25, 0.3) is 5.69 Å². The molecule has 7 nitrogen and oxygen atoms in total. The van der Waals surface area contributed by atoms with E-state index in [1.54, 1.807) is 30.1 Å². The van der Waals surface area contributed by atoms with Gasteiger partial charge in [0.05, 0.1) is 11.1 Å². The lowest BCUT2D eigenvalue weighted by atomic mass is 10.2. The van der Waals surface area contributed by atoms with E-state index in [-0.39, 0.29) is 11.6 Å². The van der Waals surface area contributed by atoms with E-state index in [0.717, 1.165) is 5.56 Å². The van der Waals surface area contributed by atoms with Gasteiger partial charge in [-0.3, -0.25) is 19.6 Å². The number of nitrogens with zero attached hydrogens (tertiary/aromatic N) is 3. The molecule has 0 fully saturated rings. The number of carbonyl (C=O) groups excluding carboxylic acids is 1. The smallest absolute Gasteiger partial charge is 0.270 e. The largest absolute Gasteiger partial charge is 0.348 e. The number of aromatic nitrogens is 2. The lowest BCUT2D eigenvalue weighted by Crippen LogP contribution is -2.19. The summed E-state index contributed by atoms with van der Waals surface area (Å²) in [5.74, 6) is -0.273. The van der Waals surface area contributed by atoms with Crippen LogP contribution in [0.4, 0.5) is 5.69 Å². The van der Waals surface area contributed by atoms with E-state index in [0.29, 0.717) is 12.1 Å². The van der Waals surface area contributed by atoms with Crippen LogP contribution in [-0.2, 0) is 18.4 Å². The van der Waals surface area contributed by atoms with E-state index in [9.17, 15) is 14.9 Å². The molecule has 2 rings (SSSR count). The Bertz CT molecular complexity index is 691. The first-order valence-electron chi connectivity index (χ1n) is 6.22. The molecule has 0 unspecified atom stereocenters. The van der Waals surface area contributed by atoms with Gasteiger partial charge in [0.1, 0.15) is 0 Å². The SMILES string of the molecule is Cn1cc(CNC(=O)/C=C/c2cccc([N+](=O)[O-])c2)cn1. The van der Waals surface area contributed by atoms with Crippen molar-refractivity contribution >= 4 is 17.7 Å². The molecule has 0 radical (unpaired) electrons. The Morgan fingerprint density at radius 3 is 3.00 bits per heavy atom. The molecule has 21 heavy (non-hydrogen) atoms. The number of benzene rings is 1. The van der Waals surface area contributed by atoms with Gasteiger partial charge in [-0.25, -0.2) is 0 Å². The van der Waals surface area contributed by atoms with Crippen LogP contribution in [0, 0.1) is 10.1 Å². The molecule has 0 saturated carbocycles. The first kappa shape index (κ1) is 14.4. The standard InChI is InChI=1S/C14H14N4O3/c1-17-10-12(9-16-17)8-15-14(19)6-5-11-3-2-4-13(7-11)18(20)21/h2-7,9-10H,8H2,1H3,(H,15,19)/b6-5+. The number of hydrogen-bond donors (Lipinski definition) is 1.